The minimum atomic E-state index is -0.742. The summed E-state index contributed by atoms with van der Waals surface area (Å²) in [4.78, 5) is 12.6. The molecule has 0 fully saturated rings. The molecule has 0 aliphatic carbocycles. The normalized spacial score (nSPS) is 11.4. The molecule has 146 valence electrons. The smallest absolute Gasteiger partial charge is 0.230 e. The molecule has 2 aromatic rings. The zero-order chi connectivity index (χ0) is 19.7. The van der Waals surface area contributed by atoms with Crippen molar-refractivity contribution in [3.63, 3.8) is 0 Å². The van der Waals surface area contributed by atoms with Gasteiger partial charge in [-0.2, -0.15) is 0 Å². The van der Waals surface area contributed by atoms with Crippen LogP contribution in [0.15, 0.2) is 48.5 Å². The van der Waals surface area contributed by atoms with Gasteiger partial charge in [0.05, 0.1) is 25.2 Å². The minimum Gasteiger partial charge on any atom is -0.379 e. The van der Waals surface area contributed by atoms with Crippen molar-refractivity contribution in [2.75, 3.05) is 19.8 Å². The van der Waals surface area contributed by atoms with Crippen molar-refractivity contribution in [1.82, 2.24) is 5.32 Å². The quantitative estimate of drug-likeness (QED) is 0.641. The van der Waals surface area contributed by atoms with Crippen molar-refractivity contribution in [2.45, 2.75) is 39.3 Å². The monoisotopic (exact) mass is 373 g/mol. The van der Waals surface area contributed by atoms with E-state index in [1.165, 1.54) is 12.1 Å². The van der Waals surface area contributed by atoms with Crippen molar-refractivity contribution in [3.05, 3.63) is 71.0 Å². The first-order valence-electron chi connectivity index (χ1n) is 9.21. The van der Waals surface area contributed by atoms with E-state index in [1.54, 1.807) is 12.1 Å². The Labute approximate surface area is 160 Å². The van der Waals surface area contributed by atoms with Crippen LogP contribution in [0.1, 0.15) is 37.5 Å². The molecule has 1 amide bonds. The number of amides is 1. The molecule has 2 rings (SSSR count). The molecule has 0 aliphatic rings. The number of nitrogens with one attached hydrogen (secondary N) is 1. The molecule has 0 spiro atoms. The van der Waals surface area contributed by atoms with Gasteiger partial charge >= 0.3 is 0 Å². The summed E-state index contributed by atoms with van der Waals surface area (Å²) in [5, 5.41) is 2.97. The van der Waals surface area contributed by atoms with Crippen LogP contribution >= 0.6 is 0 Å². The third kappa shape index (κ3) is 6.45. The van der Waals surface area contributed by atoms with Gasteiger partial charge in [0.25, 0.3) is 0 Å². The van der Waals surface area contributed by atoms with Gasteiger partial charge in [-0.3, -0.25) is 4.79 Å². The van der Waals surface area contributed by atoms with Crippen LogP contribution in [0.5, 0.6) is 0 Å². The van der Waals surface area contributed by atoms with Crippen LogP contribution in [0, 0.1) is 5.82 Å². The van der Waals surface area contributed by atoms with Gasteiger partial charge in [0.15, 0.2) is 0 Å². The number of ether oxygens (including phenoxy) is 2. The summed E-state index contributed by atoms with van der Waals surface area (Å²) in [7, 11) is 0. The summed E-state index contributed by atoms with van der Waals surface area (Å²) in [6.07, 6.45) is 0. The Balaban J connectivity index is 1.89. The summed E-state index contributed by atoms with van der Waals surface area (Å²) in [6, 6.07) is 14.0. The molecule has 27 heavy (non-hydrogen) atoms. The fraction of sp³-hybridized carbons (Fsp3) is 0.409. The van der Waals surface area contributed by atoms with Crippen molar-refractivity contribution >= 4 is 5.91 Å². The summed E-state index contributed by atoms with van der Waals surface area (Å²) in [5.74, 6) is -0.414. The van der Waals surface area contributed by atoms with Crippen LogP contribution < -0.4 is 5.32 Å². The Morgan fingerprint density at radius 3 is 2.41 bits per heavy atom. The van der Waals surface area contributed by atoms with E-state index in [1.807, 2.05) is 45.0 Å². The standard InChI is InChI=1S/C22H28FNO3/c1-4-26-12-13-27-16-18-7-5-6-17(14-18)15-24-21(25)22(2,3)19-8-10-20(23)11-9-19/h5-11,14H,4,12-13,15-16H2,1-3H3,(H,24,25). The van der Waals surface area contributed by atoms with Crippen LogP contribution in [0.25, 0.3) is 0 Å². The molecule has 2 aromatic carbocycles. The summed E-state index contributed by atoms with van der Waals surface area (Å²) in [5.41, 5.74) is 2.09. The van der Waals surface area contributed by atoms with Gasteiger partial charge in [0.2, 0.25) is 5.91 Å². The predicted molar refractivity (Wildman–Crippen MR) is 104 cm³/mol. The maximum Gasteiger partial charge on any atom is 0.230 e. The second-order valence-corrected chi connectivity index (χ2v) is 6.88. The van der Waals surface area contributed by atoms with Crippen LogP contribution in [0.2, 0.25) is 0 Å². The topological polar surface area (TPSA) is 47.6 Å². The molecular weight excluding hydrogens is 345 g/mol. The largest absolute Gasteiger partial charge is 0.379 e. The molecule has 1 N–H and O–H groups in total. The molecule has 0 saturated carbocycles. The Morgan fingerprint density at radius 1 is 1.04 bits per heavy atom. The van der Waals surface area contributed by atoms with E-state index in [0.29, 0.717) is 33.0 Å². The lowest BCUT2D eigenvalue weighted by Crippen LogP contribution is -2.39. The van der Waals surface area contributed by atoms with Crippen molar-refractivity contribution < 1.29 is 18.7 Å². The highest BCUT2D eigenvalue weighted by atomic mass is 19.1. The maximum absolute atomic E-state index is 13.1. The van der Waals surface area contributed by atoms with Crippen LogP contribution in [0.4, 0.5) is 4.39 Å². The molecule has 0 atom stereocenters. The van der Waals surface area contributed by atoms with Gasteiger partial charge < -0.3 is 14.8 Å². The number of benzene rings is 2. The zero-order valence-electron chi connectivity index (χ0n) is 16.3. The van der Waals surface area contributed by atoms with E-state index in [2.05, 4.69) is 5.32 Å². The average molecular weight is 373 g/mol. The Bertz CT molecular complexity index is 729. The van der Waals surface area contributed by atoms with E-state index in [0.717, 1.165) is 16.7 Å². The SMILES string of the molecule is CCOCCOCc1cccc(CNC(=O)C(C)(C)c2ccc(F)cc2)c1. The molecule has 0 saturated heterocycles. The van der Waals surface area contributed by atoms with Crippen molar-refractivity contribution in [1.29, 1.82) is 0 Å². The second kappa shape index (κ2) is 10.2. The van der Waals surface area contributed by atoms with Crippen molar-refractivity contribution in [2.24, 2.45) is 0 Å². The molecule has 0 heterocycles. The third-order valence-corrected chi connectivity index (χ3v) is 4.42. The van der Waals surface area contributed by atoms with E-state index < -0.39 is 5.41 Å². The lowest BCUT2D eigenvalue weighted by atomic mass is 9.83. The zero-order valence-corrected chi connectivity index (χ0v) is 16.3. The van der Waals surface area contributed by atoms with Gasteiger partial charge in [-0.15, -0.1) is 0 Å². The molecule has 0 radical (unpaired) electrons. The lowest BCUT2D eigenvalue weighted by Gasteiger charge is -2.24. The van der Waals surface area contributed by atoms with Crippen molar-refractivity contribution in [3.8, 4) is 0 Å². The summed E-state index contributed by atoms with van der Waals surface area (Å²) >= 11 is 0. The molecule has 5 heteroatoms. The minimum absolute atomic E-state index is 0.104. The number of halogens is 1. The Kier molecular flexibility index (Phi) is 7.95. The predicted octanol–water partition coefficient (Wildman–Crippen LogP) is 3.97. The van der Waals surface area contributed by atoms with Gasteiger partial charge in [-0.1, -0.05) is 36.4 Å². The Morgan fingerprint density at radius 2 is 1.70 bits per heavy atom. The third-order valence-electron chi connectivity index (χ3n) is 4.42. The molecule has 4 nitrogen and oxygen atoms in total. The summed E-state index contributed by atoms with van der Waals surface area (Å²) in [6.45, 7) is 8.38. The van der Waals surface area contributed by atoms with Crippen LogP contribution in [-0.4, -0.2) is 25.7 Å². The number of hydrogen-bond acceptors (Lipinski definition) is 3. The average Bonchev–Trinajstić information content (AvgIpc) is 2.66. The first-order valence-corrected chi connectivity index (χ1v) is 9.21. The van der Waals surface area contributed by atoms with Crippen LogP contribution in [-0.2, 0) is 32.8 Å². The molecule has 0 bridgehead atoms. The number of carbonyl (C=O) groups is 1. The van der Waals surface area contributed by atoms with Crippen LogP contribution in [0.3, 0.4) is 0 Å². The number of rotatable bonds is 10. The molecular formula is C22H28FNO3. The highest BCUT2D eigenvalue weighted by Crippen LogP contribution is 2.23. The van der Waals surface area contributed by atoms with E-state index in [-0.39, 0.29) is 11.7 Å². The maximum atomic E-state index is 13.1. The lowest BCUT2D eigenvalue weighted by molar-refractivity contribution is -0.125. The van der Waals surface area contributed by atoms with Gasteiger partial charge in [-0.05, 0) is 49.6 Å². The van der Waals surface area contributed by atoms with E-state index >= 15 is 0 Å². The summed E-state index contributed by atoms with van der Waals surface area (Å²) < 4.78 is 23.9. The van der Waals surface area contributed by atoms with Gasteiger partial charge in [0, 0.05) is 13.2 Å². The van der Waals surface area contributed by atoms with E-state index in [4.69, 9.17) is 9.47 Å². The highest BCUT2D eigenvalue weighted by molar-refractivity contribution is 5.87. The molecule has 0 aromatic heterocycles. The van der Waals surface area contributed by atoms with Gasteiger partial charge in [-0.25, -0.2) is 4.39 Å². The van der Waals surface area contributed by atoms with Gasteiger partial charge in [0.1, 0.15) is 5.82 Å². The molecule has 0 aliphatic heterocycles. The Hall–Kier alpha value is -2.24. The second-order valence-electron chi connectivity index (χ2n) is 6.88. The fourth-order valence-electron chi connectivity index (χ4n) is 2.68. The van der Waals surface area contributed by atoms with E-state index in [9.17, 15) is 9.18 Å². The molecule has 0 unspecified atom stereocenters. The number of carbonyl (C=O) groups excluding carboxylic acids is 1. The number of hydrogen-bond donors (Lipinski definition) is 1. The fourth-order valence-corrected chi connectivity index (χ4v) is 2.68. The first-order chi connectivity index (χ1) is 12.9. The highest BCUT2D eigenvalue weighted by Gasteiger charge is 2.29. The first kappa shape index (κ1) is 21.1.